The summed E-state index contributed by atoms with van der Waals surface area (Å²) in [6.07, 6.45) is 2.93. The van der Waals surface area contributed by atoms with Crippen LogP contribution in [-0.2, 0) is 20.0 Å². The van der Waals surface area contributed by atoms with Crippen molar-refractivity contribution in [2.24, 2.45) is 7.05 Å². The maximum atomic E-state index is 4.26. The quantitative estimate of drug-likeness (QED) is 0.864. The lowest BCUT2D eigenvalue weighted by Crippen LogP contribution is -2.39. The second kappa shape index (κ2) is 5.90. The number of aryl methyl sites for hydroxylation is 1. The Morgan fingerprint density at radius 1 is 1.19 bits per heavy atom. The standard InChI is InChI=1S/C17H24N4/c1-14-12-19(2)17-7-5-4-6-15(17)13-21(14)11-9-16-8-10-18-20(16)3/h4-8,10,14H,9,11-13H2,1-3H3/t14-/m1/s1. The summed E-state index contributed by atoms with van der Waals surface area (Å²) >= 11 is 0. The lowest BCUT2D eigenvalue weighted by molar-refractivity contribution is 0.210. The van der Waals surface area contributed by atoms with Crippen LogP contribution in [0.15, 0.2) is 36.5 Å². The summed E-state index contributed by atoms with van der Waals surface area (Å²) in [6, 6.07) is 11.4. The molecule has 1 atom stereocenters. The second-order valence-corrected chi connectivity index (χ2v) is 6.02. The number of hydrogen-bond donors (Lipinski definition) is 0. The van der Waals surface area contributed by atoms with Crippen LogP contribution in [0, 0.1) is 0 Å². The highest BCUT2D eigenvalue weighted by Gasteiger charge is 2.22. The lowest BCUT2D eigenvalue weighted by Gasteiger charge is -2.28. The van der Waals surface area contributed by atoms with Crippen molar-refractivity contribution in [3.63, 3.8) is 0 Å². The summed E-state index contributed by atoms with van der Waals surface area (Å²) in [5.74, 6) is 0. The van der Waals surface area contributed by atoms with E-state index in [1.165, 1.54) is 16.9 Å². The molecular weight excluding hydrogens is 260 g/mol. The van der Waals surface area contributed by atoms with E-state index >= 15 is 0 Å². The molecule has 0 N–H and O–H groups in total. The number of para-hydroxylation sites is 1. The smallest absolute Gasteiger partial charge is 0.0492 e. The van der Waals surface area contributed by atoms with Gasteiger partial charge < -0.3 is 4.90 Å². The minimum absolute atomic E-state index is 0.552. The summed E-state index contributed by atoms with van der Waals surface area (Å²) in [7, 11) is 4.21. The van der Waals surface area contributed by atoms with Crippen molar-refractivity contribution in [1.29, 1.82) is 0 Å². The van der Waals surface area contributed by atoms with E-state index in [0.717, 1.165) is 26.1 Å². The molecule has 112 valence electrons. The highest BCUT2D eigenvalue weighted by Crippen LogP contribution is 2.25. The third-order valence-corrected chi connectivity index (χ3v) is 4.52. The monoisotopic (exact) mass is 284 g/mol. The van der Waals surface area contributed by atoms with E-state index in [4.69, 9.17) is 0 Å². The molecule has 1 aromatic carbocycles. The molecule has 0 radical (unpaired) electrons. The molecule has 0 saturated carbocycles. The van der Waals surface area contributed by atoms with Gasteiger partial charge in [-0.15, -0.1) is 0 Å². The van der Waals surface area contributed by atoms with E-state index in [1.54, 1.807) is 0 Å². The largest absolute Gasteiger partial charge is 0.373 e. The molecule has 1 aromatic heterocycles. The Hall–Kier alpha value is -1.81. The molecule has 1 aliphatic heterocycles. The molecule has 1 aliphatic rings. The first kappa shape index (κ1) is 14.1. The molecule has 3 rings (SSSR count). The van der Waals surface area contributed by atoms with Crippen molar-refractivity contribution in [1.82, 2.24) is 14.7 Å². The molecule has 0 spiro atoms. The topological polar surface area (TPSA) is 24.3 Å². The third kappa shape index (κ3) is 2.95. The van der Waals surface area contributed by atoms with Crippen LogP contribution < -0.4 is 4.90 Å². The minimum Gasteiger partial charge on any atom is -0.373 e. The van der Waals surface area contributed by atoms with E-state index in [9.17, 15) is 0 Å². The van der Waals surface area contributed by atoms with Crippen LogP contribution in [0.3, 0.4) is 0 Å². The van der Waals surface area contributed by atoms with Crippen molar-refractivity contribution < 1.29 is 0 Å². The van der Waals surface area contributed by atoms with E-state index in [0.29, 0.717) is 6.04 Å². The molecule has 4 heteroatoms. The van der Waals surface area contributed by atoms with Gasteiger partial charge in [0.05, 0.1) is 0 Å². The number of likely N-dealkylation sites (N-methyl/N-ethyl adjacent to an activating group) is 1. The Bertz CT molecular complexity index is 604. The summed E-state index contributed by atoms with van der Waals surface area (Å²) in [5, 5.41) is 4.26. The average molecular weight is 284 g/mol. The van der Waals surface area contributed by atoms with Gasteiger partial charge in [-0.05, 0) is 24.6 Å². The van der Waals surface area contributed by atoms with Gasteiger partial charge in [-0.2, -0.15) is 5.10 Å². The van der Waals surface area contributed by atoms with Crippen LogP contribution in [0.4, 0.5) is 5.69 Å². The van der Waals surface area contributed by atoms with Crippen molar-refractivity contribution in [3.8, 4) is 0 Å². The number of hydrogen-bond acceptors (Lipinski definition) is 3. The first-order valence-electron chi connectivity index (χ1n) is 7.65. The molecule has 0 amide bonds. The zero-order valence-electron chi connectivity index (χ0n) is 13.2. The Labute approximate surface area is 127 Å². The van der Waals surface area contributed by atoms with Gasteiger partial charge in [-0.25, -0.2) is 0 Å². The first-order chi connectivity index (χ1) is 10.1. The van der Waals surface area contributed by atoms with E-state index < -0.39 is 0 Å². The van der Waals surface area contributed by atoms with Crippen LogP contribution in [0.2, 0.25) is 0 Å². The van der Waals surface area contributed by atoms with Crippen LogP contribution in [-0.4, -0.2) is 40.9 Å². The molecule has 0 unspecified atom stereocenters. The highest BCUT2D eigenvalue weighted by atomic mass is 15.3. The average Bonchev–Trinajstić information content (AvgIpc) is 2.83. The Morgan fingerprint density at radius 2 is 2.00 bits per heavy atom. The summed E-state index contributed by atoms with van der Waals surface area (Å²) in [6.45, 7) is 5.50. The van der Waals surface area contributed by atoms with Gasteiger partial charge in [0.25, 0.3) is 0 Å². The Morgan fingerprint density at radius 3 is 2.76 bits per heavy atom. The van der Waals surface area contributed by atoms with Crippen LogP contribution >= 0.6 is 0 Å². The lowest BCUT2D eigenvalue weighted by atomic mass is 10.1. The number of anilines is 1. The SMILES string of the molecule is C[C@@H]1CN(C)c2ccccc2CN1CCc1ccnn1C. The van der Waals surface area contributed by atoms with Gasteiger partial charge in [0.1, 0.15) is 0 Å². The summed E-state index contributed by atoms with van der Waals surface area (Å²) < 4.78 is 1.97. The Balaban J connectivity index is 1.75. The molecule has 2 heterocycles. The fraction of sp³-hybridized carbons (Fsp3) is 0.471. The van der Waals surface area contributed by atoms with Gasteiger partial charge in [0.15, 0.2) is 0 Å². The molecule has 0 fully saturated rings. The van der Waals surface area contributed by atoms with Gasteiger partial charge in [-0.1, -0.05) is 18.2 Å². The predicted octanol–water partition coefficient (Wildman–Crippen LogP) is 2.30. The molecule has 2 aromatic rings. The predicted molar refractivity (Wildman–Crippen MR) is 86.5 cm³/mol. The van der Waals surface area contributed by atoms with Crippen LogP contribution in [0.5, 0.6) is 0 Å². The van der Waals surface area contributed by atoms with E-state index in [-0.39, 0.29) is 0 Å². The number of fused-ring (bicyclic) bond motifs is 1. The fourth-order valence-corrected chi connectivity index (χ4v) is 3.21. The molecule has 0 saturated heterocycles. The number of rotatable bonds is 3. The van der Waals surface area contributed by atoms with Gasteiger partial charge in [-0.3, -0.25) is 9.58 Å². The molecule has 0 bridgehead atoms. The summed E-state index contributed by atoms with van der Waals surface area (Å²) in [5.41, 5.74) is 4.09. The van der Waals surface area contributed by atoms with Crippen molar-refractivity contribution in [3.05, 3.63) is 47.8 Å². The Kier molecular flexibility index (Phi) is 3.97. The van der Waals surface area contributed by atoms with Crippen molar-refractivity contribution in [2.45, 2.75) is 25.9 Å². The second-order valence-electron chi connectivity index (χ2n) is 6.02. The molecule has 0 aliphatic carbocycles. The number of nitrogens with zero attached hydrogens (tertiary/aromatic N) is 4. The van der Waals surface area contributed by atoms with Crippen LogP contribution in [0.1, 0.15) is 18.2 Å². The van der Waals surface area contributed by atoms with Gasteiger partial charge in [0, 0.05) is 63.8 Å². The minimum atomic E-state index is 0.552. The zero-order chi connectivity index (χ0) is 14.8. The van der Waals surface area contributed by atoms with E-state index in [1.807, 2.05) is 17.9 Å². The van der Waals surface area contributed by atoms with Crippen LogP contribution in [0.25, 0.3) is 0 Å². The molecule has 4 nitrogen and oxygen atoms in total. The van der Waals surface area contributed by atoms with E-state index in [2.05, 4.69) is 59.2 Å². The fourth-order valence-electron chi connectivity index (χ4n) is 3.21. The maximum absolute atomic E-state index is 4.26. The van der Waals surface area contributed by atoms with Gasteiger partial charge in [0.2, 0.25) is 0 Å². The van der Waals surface area contributed by atoms with Crippen molar-refractivity contribution in [2.75, 3.05) is 25.0 Å². The molecule has 21 heavy (non-hydrogen) atoms. The maximum Gasteiger partial charge on any atom is 0.0492 e. The normalized spacial score (nSPS) is 19.4. The highest BCUT2D eigenvalue weighted by molar-refractivity contribution is 5.53. The number of benzene rings is 1. The summed E-state index contributed by atoms with van der Waals surface area (Å²) in [4.78, 5) is 4.96. The zero-order valence-corrected chi connectivity index (χ0v) is 13.2. The number of aromatic nitrogens is 2. The molecular formula is C17H24N4. The van der Waals surface area contributed by atoms with Crippen molar-refractivity contribution >= 4 is 5.69 Å². The third-order valence-electron chi connectivity index (χ3n) is 4.52. The first-order valence-corrected chi connectivity index (χ1v) is 7.65. The van der Waals surface area contributed by atoms with Gasteiger partial charge >= 0.3 is 0 Å².